The SMILES string of the molecule is CSc1ccccc1C(=O)NCCOc1ccc(S(=O)(=O)N2CCOCC2)cc1. The van der Waals surface area contributed by atoms with Crippen LogP contribution in [-0.4, -0.2) is 64.3 Å². The molecule has 0 saturated carbocycles. The van der Waals surface area contributed by atoms with Crippen LogP contribution in [0.1, 0.15) is 10.4 Å². The molecule has 1 N–H and O–H groups in total. The lowest BCUT2D eigenvalue weighted by Crippen LogP contribution is -2.40. The summed E-state index contributed by atoms with van der Waals surface area (Å²) in [7, 11) is -3.51. The second-order valence-corrected chi connectivity index (χ2v) is 9.08. The van der Waals surface area contributed by atoms with Crippen molar-refractivity contribution in [2.24, 2.45) is 0 Å². The van der Waals surface area contributed by atoms with E-state index in [1.165, 1.54) is 28.2 Å². The lowest BCUT2D eigenvalue weighted by molar-refractivity contribution is 0.0730. The molecular formula is C20H24N2O5S2. The lowest BCUT2D eigenvalue weighted by Gasteiger charge is -2.26. The van der Waals surface area contributed by atoms with E-state index in [9.17, 15) is 13.2 Å². The Morgan fingerprint density at radius 3 is 2.52 bits per heavy atom. The highest BCUT2D eigenvalue weighted by molar-refractivity contribution is 7.98. The molecule has 156 valence electrons. The van der Waals surface area contributed by atoms with E-state index in [1.807, 2.05) is 24.5 Å². The number of nitrogens with zero attached hydrogens (tertiary/aromatic N) is 1. The van der Waals surface area contributed by atoms with Crippen molar-refractivity contribution in [3.63, 3.8) is 0 Å². The van der Waals surface area contributed by atoms with E-state index in [0.29, 0.717) is 44.2 Å². The zero-order chi connectivity index (χ0) is 20.7. The summed E-state index contributed by atoms with van der Waals surface area (Å²) in [4.78, 5) is 13.4. The Kier molecular flexibility index (Phi) is 7.54. The highest BCUT2D eigenvalue weighted by Crippen LogP contribution is 2.21. The molecule has 0 aromatic heterocycles. The number of nitrogens with one attached hydrogen (secondary N) is 1. The second-order valence-electron chi connectivity index (χ2n) is 6.29. The van der Waals surface area contributed by atoms with Crippen LogP contribution in [0.15, 0.2) is 58.3 Å². The van der Waals surface area contributed by atoms with Crippen molar-refractivity contribution in [1.29, 1.82) is 0 Å². The van der Waals surface area contributed by atoms with E-state index < -0.39 is 10.0 Å². The maximum Gasteiger partial charge on any atom is 0.252 e. The molecule has 2 aromatic rings. The maximum atomic E-state index is 12.6. The van der Waals surface area contributed by atoms with Gasteiger partial charge in [0.05, 0.1) is 30.2 Å². The van der Waals surface area contributed by atoms with Gasteiger partial charge in [0.25, 0.3) is 5.91 Å². The highest BCUT2D eigenvalue weighted by Gasteiger charge is 2.26. The Morgan fingerprint density at radius 2 is 1.83 bits per heavy atom. The summed E-state index contributed by atoms with van der Waals surface area (Å²) in [6.45, 7) is 2.17. The van der Waals surface area contributed by atoms with E-state index in [4.69, 9.17) is 9.47 Å². The van der Waals surface area contributed by atoms with E-state index in [0.717, 1.165) is 4.90 Å². The number of ether oxygens (including phenoxy) is 2. The van der Waals surface area contributed by atoms with Gasteiger partial charge in [0.2, 0.25) is 10.0 Å². The molecule has 1 aliphatic heterocycles. The van der Waals surface area contributed by atoms with Crippen molar-refractivity contribution in [1.82, 2.24) is 9.62 Å². The van der Waals surface area contributed by atoms with Gasteiger partial charge in [-0.25, -0.2) is 8.42 Å². The van der Waals surface area contributed by atoms with E-state index >= 15 is 0 Å². The van der Waals surface area contributed by atoms with Gasteiger partial charge in [0.1, 0.15) is 12.4 Å². The van der Waals surface area contributed by atoms with Crippen LogP contribution in [0.5, 0.6) is 5.75 Å². The van der Waals surface area contributed by atoms with Gasteiger partial charge < -0.3 is 14.8 Å². The summed E-state index contributed by atoms with van der Waals surface area (Å²) < 4.78 is 37.4. The van der Waals surface area contributed by atoms with Crippen LogP contribution in [0, 0.1) is 0 Å². The molecule has 0 spiro atoms. The quantitative estimate of drug-likeness (QED) is 0.505. The number of thioether (sulfide) groups is 1. The molecule has 1 heterocycles. The van der Waals surface area contributed by atoms with Crippen molar-refractivity contribution in [2.75, 3.05) is 45.7 Å². The van der Waals surface area contributed by atoms with Crippen LogP contribution in [0.4, 0.5) is 0 Å². The fraction of sp³-hybridized carbons (Fsp3) is 0.350. The molecule has 1 fully saturated rings. The number of rotatable bonds is 8. The summed E-state index contributed by atoms with van der Waals surface area (Å²) in [6.07, 6.45) is 1.93. The third kappa shape index (κ3) is 5.51. The van der Waals surface area contributed by atoms with Crippen LogP contribution in [-0.2, 0) is 14.8 Å². The molecule has 0 bridgehead atoms. The topological polar surface area (TPSA) is 84.9 Å². The molecular weight excluding hydrogens is 412 g/mol. The largest absolute Gasteiger partial charge is 0.492 e. The lowest BCUT2D eigenvalue weighted by atomic mass is 10.2. The summed E-state index contributed by atoms with van der Waals surface area (Å²) in [5.41, 5.74) is 0.637. The fourth-order valence-corrected chi connectivity index (χ4v) is 4.91. The fourth-order valence-electron chi connectivity index (χ4n) is 2.90. The number of morpholine rings is 1. The number of hydrogen-bond acceptors (Lipinski definition) is 6. The van der Waals surface area contributed by atoms with Crippen molar-refractivity contribution < 1.29 is 22.7 Å². The average molecular weight is 437 g/mol. The van der Waals surface area contributed by atoms with Gasteiger partial charge in [-0.05, 0) is 42.7 Å². The zero-order valence-corrected chi connectivity index (χ0v) is 17.8. The number of sulfonamides is 1. The van der Waals surface area contributed by atoms with Crippen LogP contribution < -0.4 is 10.1 Å². The third-order valence-electron chi connectivity index (χ3n) is 4.44. The maximum absolute atomic E-state index is 12.6. The summed E-state index contributed by atoms with van der Waals surface area (Å²) >= 11 is 1.52. The van der Waals surface area contributed by atoms with Crippen molar-refractivity contribution >= 4 is 27.7 Å². The molecule has 0 unspecified atom stereocenters. The normalized spacial score (nSPS) is 15.1. The molecule has 1 saturated heterocycles. The van der Waals surface area contributed by atoms with Gasteiger partial charge in [-0.2, -0.15) is 4.31 Å². The molecule has 3 rings (SSSR count). The second kappa shape index (κ2) is 10.1. The molecule has 7 nitrogen and oxygen atoms in total. The molecule has 9 heteroatoms. The van der Waals surface area contributed by atoms with Crippen molar-refractivity contribution in [2.45, 2.75) is 9.79 Å². The summed E-state index contributed by atoms with van der Waals surface area (Å²) in [5.74, 6) is 0.398. The Bertz CT molecular complexity index is 926. The smallest absolute Gasteiger partial charge is 0.252 e. The molecule has 1 amide bonds. The van der Waals surface area contributed by atoms with Gasteiger partial charge in [-0.15, -0.1) is 11.8 Å². The van der Waals surface area contributed by atoms with Gasteiger partial charge in [0.15, 0.2) is 0 Å². The van der Waals surface area contributed by atoms with E-state index in [-0.39, 0.29) is 17.4 Å². The van der Waals surface area contributed by atoms with E-state index in [1.54, 1.807) is 18.2 Å². The Hall–Kier alpha value is -2.07. The molecule has 0 radical (unpaired) electrons. The van der Waals surface area contributed by atoms with Gasteiger partial charge in [0, 0.05) is 18.0 Å². The highest BCUT2D eigenvalue weighted by atomic mass is 32.2. The number of carbonyl (C=O) groups excluding carboxylic acids is 1. The van der Waals surface area contributed by atoms with Crippen LogP contribution in [0.3, 0.4) is 0 Å². The number of carbonyl (C=O) groups is 1. The first-order chi connectivity index (χ1) is 14.0. The minimum atomic E-state index is -3.51. The Labute approximate surface area is 175 Å². The summed E-state index contributed by atoms with van der Waals surface area (Å²) in [5, 5.41) is 2.83. The third-order valence-corrected chi connectivity index (χ3v) is 7.15. The number of benzene rings is 2. The Balaban J connectivity index is 1.50. The van der Waals surface area contributed by atoms with Gasteiger partial charge in [-0.3, -0.25) is 4.79 Å². The summed E-state index contributed by atoms with van der Waals surface area (Å²) in [6, 6.07) is 13.7. The first-order valence-electron chi connectivity index (χ1n) is 9.24. The minimum absolute atomic E-state index is 0.148. The van der Waals surface area contributed by atoms with E-state index in [2.05, 4.69) is 5.32 Å². The number of amides is 1. The number of hydrogen-bond donors (Lipinski definition) is 1. The van der Waals surface area contributed by atoms with Crippen molar-refractivity contribution in [3.8, 4) is 5.75 Å². The van der Waals surface area contributed by atoms with Gasteiger partial charge in [-0.1, -0.05) is 12.1 Å². The molecule has 29 heavy (non-hydrogen) atoms. The first-order valence-corrected chi connectivity index (χ1v) is 11.9. The van der Waals surface area contributed by atoms with Gasteiger partial charge >= 0.3 is 0 Å². The molecule has 2 aromatic carbocycles. The standard InChI is InChI=1S/C20H24N2O5S2/c1-28-19-5-3-2-4-18(19)20(23)21-10-13-27-16-6-8-17(9-7-16)29(24,25)22-11-14-26-15-12-22/h2-9H,10-15H2,1H3,(H,21,23). The predicted molar refractivity (Wildman–Crippen MR) is 112 cm³/mol. The molecule has 1 aliphatic rings. The van der Waals surface area contributed by atoms with Crippen molar-refractivity contribution in [3.05, 3.63) is 54.1 Å². The predicted octanol–water partition coefficient (Wildman–Crippen LogP) is 2.24. The Morgan fingerprint density at radius 1 is 1.14 bits per heavy atom. The average Bonchev–Trinajstić information content (AvgIpc) is 2.77. The zero-order valence-electron chi connectivity index (χ0n) is 16.2. The monoisotopic (exact) mass is 436 g/mol. The molecule has 0 aliphatic carbocycles. The minimum Gasteiger partial charge on any atom is -0.492 e. The molecule has 0 atom stereocenters. The van der Waals surface area contributed by atoms with Crippen LogP contribution in [0.2, 0.25) is 0 Å². The first kappa shape index (κ1) is 21.6. The van der Waals surface area contributed by atoms with Crippen LogP contribution >= 0.6 is 11.8 Å². The van der Waals surface area contributed by atoms with Crippen LogP contribution in [0.25, 0.3) is 0 Å².